The van der Waals surface area contributed by atoms with Gasteiger partial charge in [-0.2, -0.15) is 0 Å². The number of fused-ring (bicyclic) bond motifs is 1. The molecule has 0 saturated heterocycles. The van der Waals surface area contributed by atoms with Crippen LogP contribution in [0.3, 0.4) is 0 Å². The highest BCUT2D eigenvalue weighted by molar-refractivity contribution is 6.05. The molecule has 0 fully saturated rings. The molecule has 0 aliphatic carbocycles. The third-order valence-corrected chi connectivity index (χ3v) is 3.37. The summed E-state index contributed by atoms with van der Waals surface area (Å²) < 4.78 is 10.4. The van der Waals surface area contributed by atoms with Gasteiger partial charge in [-0.25, -0.2) is 9.79 Å². The fourth-order valence-electron chi connectivity index (χ4n) is 2.22. The second-order valence-corrected chi connectivity index (χ2v) is 4.89. The first kappa shape index (κ1) is 16.7. The lowest BCUT2D eigenvalue weighted by molar-refractivity contribution is 0.0600. The van der Waals surface area contributed by atoms with Gasteiger partial charge in [0.25, 0.3) is 0 Å². The van der Waals surface area contributed by atoms with E-state index in [-0.39, 0.29) is 5.97 Å². The van der Waals surface area contributed by atoms with Gasteiger partial charge in [-0.15, -0.1) is 0 Å². The number of carbonyl (C=O) groups is 1. The Labute approximate surface area is 136 Å². The van der Waals surface area contributed by atoms with Crippen LogP contribution in [0.25, 0.3) is 0 Å². The van der Waals surface area contributed by atoms with E-state index in [9.17, 15) is 4.79 Å². The lowest BCUT2D eigenvalue weighted by atomic mass is 10.1. The van der Waals surface area contributed by atoms with Crippen LogP contribution < -0.4 is 4.74 Å². The van der Waals surface area contributed by atoms with Crippen molar-refractivity contribution in [1.29, 1.82) is 0 Å². The highest BCUT2D eigenvalue weighted by Crippen LogP contribution is 2.32. The van der Waals surface area contributed by atoms with E-state index in [4.69, 9.17) is 4.74 Å². The number of aliphatic imine (C=N–C) groups is 1. The normalized spacial score (nSPS) is 12.1. The summed E-state index contributed by atoms with van der Waals surface area (Å²) in [6, 6.07) is 13.1. The lowest BCUT2D eigenvalue weighted by Gasteiger charge is -2.17. The SMILES string of the molecule is CC.COC(=O)c1ccc(C2=Nc3ccc(C)cc3OC2)cc1. The number of ether oxygens (including phenoxy) is 2. The van der Waals surface area contributed by atoms with Gasteiger partial charge in [0.1, 0.15) is 18.0 Å². The number of methoxy groups -OCH3 is 1. The summed E-state index contributed by atoms with van der Waals surface area (Å²) in [6.07, 6.45) is 0. The molecule has 120 valence electrons. The fourth-order valence-corrected chi connectivity index (χ4v) is 2.22. The van der Waals surface area contributed by atoms with Crippen molar-refractivity contribution in [3.05, 3.63) is 59.2 Å². The van der Waals surface area contributed by atoms with Gasteiger partial charge in [0.05, 0.1) is 18.4 Å². The van der Waals surface area contributed by atoms with Gasteiger partial charge < -0.3 is 9.47 Å². The Morgan fingerprint density at radius 1 is 1.13 bits per heavy atom. The first-order chi connectivity index (χ1) is 11.2. The maximum absolute atomic E-state index is 11.4. The molecule has 0 unspecified atom stereocenters. The summed E-state index contributed by atoms with van der Waals surface area (Å²) in [7, 11) is 1.37. The van der Waals surface area contributed by atoms with Crippen molar-refractivity contribution in [3.63, 3.8) is 0 Å². The Balaban J connectivity index is 0.000000924. The van der Waals surface area contributed by atoms with Crippen molar-refractivity contribution < 1.29 is 14.3 Å². The molecule has 1 heterocycles. The molecule has 23 heavy (non-hydrogen) atoms. The number of nitrogens with zero attached hydrogens (tertiary/aromatic N) is 1. The van der Waals surface area contributed by atoms with Crippen molar-refractivity contribution in [2.24, 2.45) is 4.99 Å². The molecular weight excluding hydrogens is 290 g/mol. The van der Waals surface area contributed by atoms with Gasteiger partial charge in [-0.1, -0.05) is 32.0 Å². The molecule has 4 heteroatoms. The number of aryl methyl sites for hydroxylation is 1. The Bertz CT molecular complexity index is 718. The molecule has 0 radical (unpaired) electrons. The summed E-state index contributed by atoms with van der Waals surface area (Å²) in [5, 5.41) is 0. The van der Waals surface area contributed by atoms with Crippen LogP contribution in [0.1, 0.15) is 35.3 Å². The summed E-state index contributed by atoms with van der Waals surface area (Å²) in [4.78, 5) is 16.0. The highest BCUT2D eigenvalue weighted by Gasteiger charge is 2.15. The molecule has 4 nitrogen and oxygen atoms in total. The number of hydrogen-bond acceptors (Lipinski definition) is 4. The van der Waals surface area contributed by atoms with Crippen LogP contribution in [0.4, 0.5) is 5.69 Å². The molecule has 0 saturated carbocycles. The number of rotatable bonds is 2. The van der Waals surface area contributed by atoms with Gasteiger partial charge in [-0.3, -0.25) is 0 Å². The average molecular weight is 311 g/mol. The summed E-state index contributed by atoms with van der Waals surface area (Å²) >= 11 is 0. The number of benzene rings is 2. The first-order valence-electron chi connectivity index (χ1n) is 7.67. The van der Waals surface area contributed by atoms with Gasteiger partial charge >= 0.3 is 5.97 Å². The zero-order chi connectivity index (χ0) is 16.8. The molecule has 0 aromatic heterocycles. The van der Waals surface area contributed by atoms with Crippen LogP contribution in [0.5, 0.6) is 5.75 Å². The first-order valence-corrected chi connectivity index (χ1v) is 7.67. The molecule has 0 bridgehead atoms. The van der Waals surface area contributed by atoms with Crippen LogP contribution >= 0.6 is 0 Å². The summed E-state index contributed by atoms with van der Waals surface area (Å²) in [6.45, 7) is 6.45. The van der Waals surface area contributed by atoms with Crippen LogP contribution in [-0.4, -0.2) is 25.4 Å². The van der Waals surface area contributed by atoms with Gasteiger partial charge in [0.2, 0.25) is 0 Å². The lowest BCUT2D eigenvalue weighted by Crippen LogP contribution is -2.16. The van der Waals surface area contributed by atoms with Crippen molar-refractivity contribution in [2.75, 3.05) is 13.7 Å². The monoisotopic (exact) mass is 311 g/mol. The molecule has 0 amide bonds. The van der Waals surface area contributed by atoms with E-state index in [1.165, 1.54) is 7.11 Å². The molecule has 0 atom stereocenters. The Kier molecular flexibility index (Phi) is 5.52. The number of carbonyl (C=O) groups excluding carboxylic acids is 1. The Hall–Kier alpha value is -2.62. The van der Waals surface area contributed by atoms with E-state index in [0.29, 0.717) is 12.2 Å². The zero-order valence-corrected chi connectivity index (χ0v) is 13.9. The van der Waals surface area contributed by atoms with Crippen molar-refractivity contribution in [2.45, 2.75) is 20.8 Å². The largest absolute Gasteiger partial charge is 0.485 e. The molecule has 2 aromatic rings. The molecule has 1 aliphatic rings. The van der Waals surface area contributed by atoms with Crippen molar-refractivity contribution in [3.8, 4) is 5.75 Å². The predicted octanol–water partition coefficient (Wildman–Crippen LogP) is 4.32. The number of hydrogen-bond donors (Lipinski definition) is 0. The van der Waals surface area contributed by atoms with E-state index >= 15 is 0 Å². The van der Waals surface area contributed by atoms with Crippen LogP contribution in [0, 0.1) is 6.92 Å². The molecule has 0 N–H and O–H groups in total. The second kappa shape index (κ2) is 7.58. The van der Waals surface area contributed by atoms with Crippen LogP contribution in [-0.2, 0) is 4.74 Å². The van der Waals surface area contributed by atoms with E-state index in [1.54, 1.807) is 12.1 Å². The van der Waals surface area contributed by atoms with Gasteiger partial charge in [0.15, 0.2) is 0 Å². The quantitative estimate of drug-likeness (QED) is 0.776. The van der Waals surface area contributed by atoms with Crippen molar-refractivity contribution in [1.82, 2.24) is 0 Å². The fraction of sp³-hybridized carbons (Fsp3) is 0.263. The van der Waals surface area contributed by atoms with E-state index in [2.05, 4.69) is 9.73 Å². The third kappa shape index (κ3) is 3.77. The minimum Gasteiger partial charge on any atom is -0.485 e. The van der Waals surface area contributed by atoms with Crippen LogP contribution in [0.2, 0.25) is 0 Å². The topological polar surface area (TPSA) is 47.9 Å². The zero-order valence-electron chi connectivity index (χ0n) is 13.9. The van der Waals surface area contributed by atoms with Crippen molar-refractivity contribution >= 4 is 17.4 Å². The average Bonchev–Trinajstić information content (AvgIpc) is 2.62. The predicted molar refractivity (Wildman–Crippen MR) is 92.0 cm³/mol. The van der Waals surface area contributed by atoms with E-state index in [1.807, 2.05) is 51.1 Å². The third-order valence-electron chi connectivity index (χ3n) is 3.37. The molecule has 0 spiro atoms. The minimum atomic E-state index is -0.343. The van der Waals surface area contributed by atoms with E-state index < -0.39 is 0 Å². The van der Waals surface area contributed by atoms with E-state index in [0.717, 1.165) is 28.3 Å². The van der Waals surface area contributed by atoms with Gasteiger partial charge in [-0.05, 0) is 42.3 Å². The standard InChI is InChI=1S/C17H15NO3.C2H6/c1-11-3-8-14-16(9-11)21-10-15(18-14)12-4-6-13(7-5-12)17(19)20-2;1-2/h3-9H,10H2,1-2H3;1-2H3. The molecule has 1 aliphatic heterocycles. The molecule has 2 aromatic carbocycles. The smallest absolute Gasteiger partial charge is 0.337 e. The summed E-state index contributed by atoms with van der Waals surface area (Å²) in [5.74, 6) is 0.467. The highest BCUT2D eigenvalue weighted by atomic mass is 16.5. The minimum absolute atomic E-state index is 0.343. The maximum atomic E-state index is 11.4. The maximum Gasteiger partial charge on any atom is 0.337 e. The number of esters is 1. The second-order valence-electron chi connectivity index (χ2n) is 4.89. The summed E-state index contributed by atoms with van der Waals surface area (Å²) in [5.41, 5.74) is 4.29. The Morgan fingerprint density at radius 3 is 2.48 bits per heavy atom. The van der Waals surface area contributed by atoms with Crippen LogP contribution in [0.15, 0.2) is 47.5 Å². The molecule has 3 rings (SSSR count). The van der Waals surface area contributed by atoms with Gasteiger partial charge in [0, 0.05) is 0 Å². The molecular formula is C19H21NO3. The Morgan fingerprint density at radius 2 is 1.83 bits per heavy atom.